The molecule has 0 aliphatic carbocycles. The van der Waals surface area contributed by atoms with Gasteiger partial charge in [0.15, 0.2) is 5.96 Å². The van der Waals surface area contributed by atoms with Gasteiger partial charge in [0.2, 0.25) is 0 Å². The van der Waals surface area contributed by atoms with E-state index in [1.807, 2.05) is 37.2 Å². The van der Waals surface area contributed by atoms with Crippen LogP contribution in [0, 0.1) is 0 Å². The highest BCUT2D eigenvalue weighted by Crippen LogP contribution is 2.12. The predicted molar refractivity (Wildman–Crippen MR) is 111 cm³/mol. The van der Waals surface area contributed by atoms with Crippen LogP contribution in [0.3, 0.4) is 0 Å². The summed E-state index contributed by atoms with van der Waals surface area (Å²) in [7, 11) is 4.00. The first-order chi connectivity index (χ1) is 12.5. The molecule has 1 aliphatic heterocycles. The molecule has 6 nitrogen and oxygen atoms in total. The van der Waals surface area contributed by atoms with E-state index in [9.17, 15) is 0 Å². The van der Waals surface area contributed by atoms with Gasteiger partial charge in [-0.15, -0.1) is 0 Å². The van der Waals surface area contributed by atoms with Gasteiger partial charge in [0.1, 0.15) is 5.82 Å². The van der Waals surface area contributed by atoms with E-state index in [2.05, 4.69) is 40.9 Å². The van der Waals surface area contributed by atoms with Crippen molar-refractivity contribution < 1.29 is 0 Å². The third kappa shape index (κ3) is 6.67. The average molecular weight is 359 g/mol. The molecule has 0 unspecified atom stereocenters. The zero-order valence-electron chi connectivity index (χ0n) is 16.8. The van der Waals surface area contributed by atoms with E-state index >= 15 is 0 Å². The number of nitrogens with one attached hydrogen (secondary N) is 2. The van der Waals surface area contributed by atoms with Crippen LogP contribution in [0.15, 0.2) is 35.3 Å². The Kier molecular flexibility index (Phi) is 7.91. The Morgan fingerprint density at radius 2 is 2.08 bits per heavy atom. The summed E-state index contributed by atoms with van der Waals surface area (Å²) in [4.78, 5) is 13.9. The molecule has 2 rings (SSSR count). The van der Waals surface area contributed by atoms with E-state index in [-0.39, 0.29) is 0 Å². The number of aliphatic imine (C=N–C) groups is 1. The van der Waals surface area contributed by atoms with Crippen LogP contribution >= 0.6 is 0 Å². The summed E-state index contributed by atoms with van der Waals surface area (Å²) in [5, 5.41) is 6.94. The van der Waals surface area contributed by atoms with Gasteiger partial charge in [-0.3, -0.25) is 4.90 Å². The fourth-order valence-electron chi connectivity index (χ4n) is 3.09. The van der Waals surface area contributed by atoms with Crippen LogP contribution < -0.4 is 15.5 Å². The molecule has 6 heteroatoms. The summed E-state index contributed by atoms with van der Waals surface area (Å²) in [6.45, 7) is 12.9. The molecule has 1 aromatic rings. The molecule has 0 aromatic carbocycles. The molecule has 2 N–H and O–H groups in total. The third-order valence-electron chi connectivity index (χ3n) is 4.42. The number of rotatable bonds is 7. The SMILES string of the molecule is C=C(C)CN1CCC(NC(=NCc2cccc(N(C)C)n2)NCC)CC1. The number of guanidine groups is 1. The van der Waals surface area contributed by atoms with Gasteiger partial charge >= 0.3 is 0 Å². The molecule has 1 aromatic heterocycles. The lowest BCUT2D eigenvalue weighted by Crippen LogP contribution is -2.48. The van der Waals surface area contributed by atoms with E-state index in [1.165, 1.54) is 5.57 Å². The Hall–Kier alpha value is -2.08. The Balaban J connectivity index is 1.91. The van der Waals surface area contributed by atoms with E-state index in [0.29, 0.717) is 12.6 Å². The highest BCUT2D eigenvalue weighted by molar-refractivity contribution is 5.80. The molecule has 26 heavy (non-hydrogen) atoms. The second-order valence-electron chi connectivity index (χ2n) is 7.23. The first-order valence-electron chi connectivity index (χ1n) is 9.52. The Labute approximate surface area is 158 Å². The fraction of sp³-hybridized carbons (Fsp3) is 0.600. The molecule has 1 aliphatic rings. The average Bonchev–Trinajstić information content (AvgIpc) is 2.61. The summed E-state index contributed by atoms with van der Waals surface area (Å²) >= 11 is 0. The van der Waals surface area contributed by atoms with Crippen LogP contribution in [-0.2, 0) is 6.54 Å². The number of piperidine rings is 1. The van der Waals surface area contributed by atoms with E-state index in [1.54, 1.807) is 0 Å². The first-order valence-corrected chi connectivity index (χ1v) is 9.52. The van der Waals surface area contributed by atoms with E-state index in [4.69, 9.17) is 4.99 Å². The molecular weight excluding hydrogens is 324 g/mol. The van der Waals surface area contributed by atoms with Crippen LogP contribution in [0.2, 0.25) is 0 Å². The van der Waals surface area contributed by atoms with Crippen molar-refractivity contribution in [2.75, 3.05) is 45.2 Å². The lowest BCUT2D eigenvalue weighted by Gasteiger charge is -2.33. The number of pyridine rings is 1. The van der Waals surface area contributed by atoms with Crippen LogP contribution in [-0.4, -0.2) is 62.2 Å². The molecule has 0 atom stereocenters. The maximum absolute atomic E-state index is 4.73. The molecule has 0 radical (unpaired) electrons. The fourth-order valence-corrected chi connectivity index (χ4v) is 3.09. The molecule has 0 bridgehead atoms. The van der Waals surface area contributed by atoms with Gasteiger partial charge in [-0.1, -0.05) is 18.2 Å². The molecule has 0 amide bonds. The van der Waals surface area contributed by atoms with Crippen LogP contribution in [0.25, 0.3) is 0 Å². The number of nitrogens with zero attached hydrogens (tertiary/aromatic N) is 4. The molecule has 2 heterocycles. The van der Waals surface area contributed by atoms with Crippen molar-refractivity contribution in [1.29, 1.82) is 0 Å². The van der Waals surface area contributed by atoms with Crippen molar-refractivity contribution in [3.8, 4) is 0 Å². The van der Waals surface area contributed by atoms with E-state index in [0.717, 1.165) is 56.5 Å². The third-order valence-corrected chi connectivity index (χ3v) is 4.42. The minimum absolute atomic E-state index is 0.468. The van der Waals surface area contributed by atoms with Crippen molar-refractivity contribution in [3.05, 3.63) is 36.0 Å². The normalized spacial score (nSPS) is 16.4. The van der Waals surface area contributed by atoms with Gasteiger partial charge in [-0.25, -0.2) is 9.98 Å². The molecule has 144 valence electrons. The van der Waals surface area contributed by atoms with Gasteiger partial charge in [0.25, 0.3) is 0 Å². The monoisotopic (exact) mass is 358 g/mol. The Morgan fingerprint density at radius 1 is 1.35 bits per heavy atom. The second-order valence-corrected chi connectivity index (χ2v) is 7.23. The second kappa shape index (κ2) is 10.2. The standard InChI is InChI=1S/C20H34N6/c1-6-21-20(22-14-18-8-7-9-19(23-18)25(4)5)24-17-10-12-26(13-11-17)15-16(2)3/h7-9,17H,2,6,10-15H2,1,3-5H3,(H2,21,22,24). The molecular formula is C20H34N6. The van der Waals surface area contributed by atoms with Gasteiger partial charge in [0.05, 0.1) is 12.2 Å². The number of likely N-dealkylation sites (tertiary alicyclic amines) is 1. The minimum atomic E-state index is 0.468. The number of anilines is 1. The molecule has 1 saturated heterocycles. The topological polar surface area (TPSA) is 55.8 Å². The molecule has 0 spiro atoms. The van der Waals surface area contributed by atoms with Gasteiger partial charge in [-0.05, 0) is 38.8 Å². The summed E-state index contributed by atoms with van der Waals surface area (Å²) in [6.07, 6.45) is 2.26. The summed E-state index contributed by atoms with van der Waals surface area (Å²) in [6, 6.07) is 6.53. The van der Waals surface area contributed by atoms with Crippen molar-refractivity contribution in [3.63, 3.8) is 0 Å². The smallest absolute Gasteiger partial charge is 0.191 e. The van der Waals surface area contributed by atoms with Crippen molar-refractivity contribution in [2.45, 2.75) is 39.3 Å². The van der Waals surface area contributed by atoms with Crippen LogP contribution in [0.1, 0.15) is 32.4 Å². The van der Waals surface area contributed by atoms with Gasteiger partial charge < -0.3 is 15.5 Å². The maximum atomic E-state index is 4.73. The highest BCUT2D eigenvalue weighted by atomic mass is 15.2. The first kappa shape index (κ1) is 20.2. The predicted octanol–water partition coefficient (Wildman–Crippen LogP) is 2.24. The van der Waals surface area contributed by atoms with Crippen molar-refractivity contribution in [2.24, 2.45) is 4.99 Å². The number of hydrogen-bond donors (Lipinski definition) is 2. The summed E-state index contributed by atoms with van der Waals surface area (Å²) < 4.78 is 0. The zero-order chi connectivity index (χ0) is 18.9. The lowest BCUT2D eigenvalue weighted by molar-refractivity contribution is 0.221. The minimum Gasteiger partial charge on any atom is -0.363 e. The maximum Gasteiger partial charge on any atom is 0.191 e. The largest absolute Gasteiger partial charge is 0.363 e. The van der Waals surface area contributed by atoms with Gasteiger partial charge in [-0.2, -0.15) is 0 Å². The van der Waals surface area contributed by atoms with Crippen molar-refractivity contribution >= 4 is 11.8 Å². The summed E-state index contributed by atoms with van der Waals surface area (Å²) in [5.74, 6) is 1.84. The Bertz CT molecular complexity index is 602. The number of hydrogen-bond acceptors (Lipinski definition) is 4. The van der Waals surface area contributed by atoms with Gasteiger partial charge in [0, 0.05) is 46.3 Å². The highest BCUT2D eigenvalue weighted by Gasteiger charge is 2.19. The summed E-state index contributed by atoms with van der Waals surface area (Å²) in [5.41, 5.74) is 2.21. The van der Waals surface area contributed by atoms with E-state index < -0.39 is 0 Å². The molecule has 0 saturated carbocycles. The van der Waals surface area contributed by atoms with Crippen molar-refractivity contribution in [1.82, 2.24) is 20.5 Å². The number of aromatic nitrogens is 1. The zero-order valence-corrected chi connectivity index (χ0v) is 16.8. The van der Waals surface area contributed by atoms with Crippen LogP contribution in [0.4, 0.5) is 5.82 Å². The molecule has 1 fully saturated rings. The quantitative estimate of drug-likeness (QED) is 0.445. The lowest BCUT2D eigenvalue weighted by atomic mass is 10.0. The Morgan fingerprint density at radius 3 is 2.69 bits per heavy atom. The van der Waals surface area contributed by atoms with Crippen LogP contribution in [0.5, 0.6) is 0 Å².